The van der Waals surface area contributed by atoms with Gasteiger partial charge in [-0.1, -0.05) is 69.2 Å². The second-order valence-electron chi connectivity index (χ2n) is 7.60. The molecule has 1 aliphatic carbocycles. The van der Waals surface area contributed by atoms with Crippen LogP contribution in [0.3, 0.4) is 0 Å². The summed E-state index contributed by atoms with van der Waals surface area (Å²) in [5, 5.41) is 0. The predicted molar refractivity (Wildman–Crippen MR) is 112 cm³/mol. The van der Waals surface area contributed by atoms with Crippen molar-refractivity contribution < 1.29 is 4.74 Å². The molecule has 0 bridgehead atoms. The van der Waals surface area contributed by atoms with E-state index in [9.17, 15) is 0 Å². The number of allylic oxidation sites excluding steroid dienone is 2. The van der Waals surface area contributed by atoms with Crippen molar-refractivity contribution in [2.45, 2.75) is 65.4 Å². The van der Waals surface area contributed by atoms with Gasteiger partial charge in [-0.15, -0.1) is 0 Å². The highest BCUT2D eigenvalue weighted by Gasteiger charge is 2.13. The summed E-state index contributed by atoms with van der Waals surface area (Å²) in [6.07, 6.45) is 10.1. The van der Waals surface area contributed by atoms with Crippen LogP contribution in [-0.2, 0) is 0 Å². The van der Waals surface area contributed by atoms with Crippen LogP contribution in [0.15, 0.2) is 54.6 Å². The van der Waals surface area contributed by atoms with Gasteiger partial charge in [-0.3, -0.25) is 0 Å². The molecular weight excluding hydrogens is 316 g/mol. The van der Waals surface area contributed by atoms with E-state index < -0.39 is 0 Å². The lowest BCUT2D eigenvalue weighted by Crippen LogP contribution is -2.10. The Hall–Kier alpha value is -2.02. The molecule has 138 valence electrons. The summed E-state index contributed by atoms with van der Waals surface area (Å²) in [7, 11) is 0. The quantitative estimate of drug-likeness (QED) is 0.503. The molecule has 0 aromatic heterocycles. The lowest BCUT2D eigenvalue weighted by atomic mass is 9.85. The molecule has 0 saturated heterocycles. The molecule has 0 aliphatic heterocycles. The van der Waals surface area contributed by atoms with Gasteiger partial charge in [0.1, 0.15) is 5.75 Å². The minimum Gasteiger partial charge on any atom is -0.491 e. The molecule has 0 radical (unpaired) electrons. The fraction of sp³-hybridized carbons (Fsp3) is 0.440. The van der Waals surface area contributed by atoms with Crippen LogP contribution in [0, 0.1) is 5.92 Å². The van der Waals surface area contributed by atoms with Gasteiger partial charge in [0.2, 0.25) is 0 Å². The molecule has 2 aromatic carbocycles. The molecule has 1 nitrogen and oxygen atoms in total. The predicted octanol–water partition coefficient (Wildman–Crippen LogP) is 7.51. The Labute approximate surface area is 159 Å². The number of hydrogen-bond acceptors (Lipinski definition) is 1. The Morgan fingerprint density at radius 1 is 0.923 bits per heavy atom. The van der Waals surface area contributed by atoms with E-state index in [0.717, 1.165) is 24.5 Å². The molecule has 26 heavy (non-hydrogen) atoms. The Morgan fingerprint density at radius 2 is 1.54 bits per heavy atom. The zero-order valence-corrected chi connectivity index (χ0v) is 16.5. The van der Waals surface area contributed by atoms with Crippen molar-refractivity contribution in [1.29, 1.82) is 0 Å². The van der Waals surface area contributed by atoms with Crippen LogP contribution >= 0.6 is 0 Å². The van der Waals surface area contributed by atoms with E-state index in [1.807, 2.05) is 0 Å². The highest BCUT2D eigenvalue weighted by Crippen LogP contribution is 2.32. The second kappa shape index (κ2) is 9.07. The van der Waals surface area contributed by atoms with E-state index in [-0.39, 0.29) is 6.10 Å². The summed E-state index contributed by atoms with van der Waals surface area (Å²) in [6.45, 7) is 6.63. The third-order valence-electron chi connectivity index (χ3n) is 5.57. The average molecular weight is 349 g/mol. The van der Waals surface area contributed by atoms with Crippen LogP contribution in [0.1, 0.15) is 64.9 Å². The first-order valence-corrected chi connectivity index (χ1v) is 10.3. The van der Waals surface area contributed by atoms with E-state index in [1.165, 1.54) is 47.9 Å². The largest absolute Gasteiger partial charge is 0.491 e. The van der Waals surface area contributed by atoms with Crippen molar-refractivity contribution in [2.75, 3.05) is 0 Å². The van der Waals surface area contributed by atoms with Gasteiger partial charge in [-0.25, -0.2) is 0 Å². The summed E-state index contributed by atoms with van der Waals surface area (Å²) in [4.78, 5) is 0. The SMILES string of the molecule is CCCC(C)Oc1ccc(-c2ccc(C3=CCC(CC)CC3)cc2)cc1. The maximum absolute atomic E-state index is 5.95. The minimum absolute atomic E-state index is 0.279. The van der Waals surface area contributed by atoms with Gasteiger partial charge in [-0.05, 0) is 72.9 Å². The summed E-state index contributed by atoms with van der Waals surface area (Å²) in [5.74, 6) is 1.85. The molecule has 2 unspecified atom stereocenters. The monoisotopic (exact) mass is 348 g/mol. The zero-order chi connectivity index (χ0) is 18.4. The van der Waals surface area contributed by atoms with E-state index in [2.05, 4.69) is 75.4 Å². The van der Waals surface area contributed by atoms with E-state index in [0.29, 0.717) is 0 Å². The number of rotatable bonds is 7. The first-order valence-electron chi connectivity index (χ1n) is 10.3. The molecule has 0 saturated carbocycles. The summed E-state index contributed by atoms with van der Waals surface area (Å²) >= 11 is 0. The fourth-order valence-electron chi connectivity index (χ4n) is 3.82. The molecule has 1 heteroatoms. The molecule has 0 heterocycles. The lowest BCUT2D eigenvalue weighted by Gasteiger charge is -2.20. The van der Waals surface area contributed by atoms with Crippen molar-refractivity contribution >= 4 is 5.57 Å². The van der Waals surface area contributed by atoms with E-state index in [4.69, 9.17) is 4.74 Å². The maximum Gasteiger partial charge on any atom is 0.119 e. The van der Waals surface area contributed by atoms with Gasteiger partial charge in [-0.2, -0.15) is 0 Å². The fourth-order valence-corrected chi connectivity index (χ4v) is 3.82. The maximum atomic E-state index is 5.95. The molecule has 0 amide bonds. The lowest BCUT2D eigenvalue weighted by molar-refractivity contribution is 0.210. The van der Waals surface area contributed by atoms with E-state index >= 15 is 0 Å². The van der Waals surface area contributed by atoms with E-state index in [1.54, 1.807) is 0 Å². The first-order chi connectivity index (χ1) is 12.7. The number of hydrogen-bond donors (Lipinski definition) is 0. The third kappa shape index (κ3) is 4.78. The van der Waals surface area contributed by atoms with Gasteiger partial charge < -0.3 is 4.74 Å². The Balaban J connectivity index is 1.66. The molecule has 0 N–H and O–H groups in total. The standard InChI is InChI=1S/C25H32O/c1-4-6-19(3)26-25-17-15-24(16-18-25)23-13-11-22(12-14-23)21-9-7-20(5-2)8-10-21/h9,11-20H,4-8,10H2,1-3H3. The van der Waals surface area contributed by atoms with Gasteiger partial charge >= 0.3 is 0 Å². The van der Waals surface area contributed by atoms with Crippen LogP contribution in [-0.4, -0.2) is 6.10 Å². The normalized spacial score (nSPS) is 18.3. The molecule has 1 aliphatic rings. The molecule has 2 atom stereocenters. The van der Waals surface area contributed by atoms with Crippen LogP contribution in [0.5, 0.6) is 5.75 Å². The van der Waals surface area contributed by atoms with Crippen LogP contribution in [0.25, 0.3) is 16.7 Å². The Morgan fingerprint density at radius 3 is 2.08 bits per heavy atom. The first kappa shape index (κ1) is 18.8. The Bertz CT molecular complexity index is 709. The number of ether oxygens (including phenoxy) is 1. The summed E-state index contributed by atoms with van der Waals surface area (Å²) in [5.41, 5.74) is 5.42. The van der Waals surface area contributed by atoms with Crippen molar-refractivity contribution in [1.82, 2.24) is 0 Å². The van der Waals surface area contributed by atoms with Crippen LogP contribution < -0.4 is 4.74 Å². The molecular formula is C25H32O. The minimum atomic E-state index is 0.279. The van der Waals surface area contributed by atoms with Crippen LogP contribution in [0.4, 0.5) is 0 Å². The molecule has 0 spiro atoms. The van der Waals surface area contributed by atoms with Crippen molar-refractivity contribution in [2.24, 2.45) is 5.92 Å². The van der Waals surface area contributed by atoms with Gasteiger partial charge in [0, 0.05) is 0 Å². The van der Waals surface area contributed by atoms with Gasteiger partial charge in [0.15, 0.2) is 0 Å². The van der Waals surface area contributed by atoms with Crippen molar-refractivity contribution in [3.8, 4) is 16.9 Å². The van der Waals surface area contributed by atoms with Crippen molar-refractivity contribution in [3.63, 3.8) is 0 Å². The third-order valence-corrected chi connectivity index (χ3v) is 5.57. The Kier molecular flexibility index (Phi) is 6.55. The smallest absolute Gasteiger partial charge is 0.119 e. The highest BCUT2D eigenvalue weighted by molar-refractivity contribution is 5.71. The topological polar surface area (TPSA) is 9.23 Å². The van der Waals surface area contributed by atoms with Crippen LogP contribution in [0.2, 0.25) is 0 Å². The molecule has 2 aromatic rings. The van der Waals surface area contributed by atoms with Gasteiger partial charge in [0.25, 0.3) is 0 Å². The van der Waals surface area contributed by atoms with Gasteiger partial charge in [0.05, 0.1) is 6.10 Å². The second-order valence-corrected chi connectivity index (χ2v) is 7.60. The molecule has 3 rings (SSSR count). The average Bonchev–Trinajstić information content (AvgIpc) is 2.69. The summed E-state index contributed by atoms with van der Waals surface area (Å²) in [6, 6.07) is 17.6. The number of benzene rings is 2. The highest BCUT2D eigenvalue weighted by atomic mass is 16.5. The summed E-state index contributed by atoms with van der Waals surface area (Å²) < 4.78 is 5.95. The zero-order valence-electron chi connectivity index (χ0n) is 16.5. The molecule has 0 fully saturated rings. The van der Waals surface area contributed by atoms with Crippen molar-refractivity contribution in [3.05, 3.63) is 60.2 Å².